The highest BCUT2D eigenvalue weighted by atomic mass is 16.1. The Bertz CT molecular complexity index is 500. The zero-order valence-electron chi connectivity index (χ0n) is 8.77. The molecule has 0 fully saturated rings. The van der Waals surface area contributed by atoms with Crippen molar-refractivity contribution >= 4 is 6.29 Å². The lowest BCUT2D eigenvalue weighted by Crippen LogP contribution is -1.98. The van der Waals surface area contributed by atoms with E-state index < -0.39 is 0 Å². The van der Waals surface area contributed by atoms with Crippen LogP contribution in [0.4, 0.5) is 0 Å². The zero-order chi connectivity index (χ0) is 10.8. The van der Waals surface area contributed by atoms with Gasteiger partial charge in [0.25, 0.3) is 0 Å². The number of nitrogens with zero attached hydrogens (tertiary/aromatic N) is 2. The van der Waals surface area contributed by atoms with Crippen LogP contribution in [-0.2, 0) is 7.05 Å². The highest BCUT2D eigenvalue weighted by molar-refractivity contribution is 5.74. The lowest BCUT2D eigenvalue weighted by molar-refractivity contribution is 0.111. The first-order valence-corrected chi connectivity index (χ1v) is 4.77. The third kappa shape index (κ3) is 1.56. The first-order valence-electron chi connectivity index (χ1n) is 4.77. The van der Waals surface area contributed by atoms with E-state index in [0.717, 1.165) is 23.2 Å². The summed E-state index contributed by atoms with van der Waals surface area (Å²) in [6.07, 6.45) is 2.41. The minimum absolute atomic E-state index is 0.591. The Hall–Kier alpha value is -1.90. The predicted molar refractivity (Wildman–Crippen MR) is 58.8 cm³/mol. The number of aryl methyl sites for hydroxylation is 1. The summed E-state index contributed by atoms with van der Waals surface area (Å²) >= 11 is 0. The van der Waals surface area contributed by atoms with E-state index in [9.17, 15) is 4.79 Å². The van der Waals surface area contributed by atoms with Crippen LogP contribution in [0, 0.1) is 6.92 Å². The molecule has 3 nitrogen and oxygen atoms in total. The van der Waals surface area contributed by atoms with E-state index in [1.54, 1.807) is 10.8 Å². The van der Waals surface area contributed by atoms with Crippen LogP contribution in [0.2, 0.25) is 0 Å². The molecule has 0 amide bonds. The second kappa shape index (κ2) is 3.69. The van der Waals surface area contributed by atoms with E-state index in [0.29, 0.717) is 5.69 Å². The van der Waals surface area contributed by atoms with E-state index in [1.165, 1.54) is 0 Å². The Kier molecular flexibility index (Phi) is 2.37. The molecule has 15 heavy (non-hydrogen) atoms. The van der Waals surface area contributed by atoms with Gasteiger partial charge in [-0.15, -0.1) is 0 Å². The summed E-state index contributed by atoms with van der Waals surface area (Å²) in [6.45, 7) is 2.03. The number of imidazole rings is 1. The van der Waals surface area contributed by atoms with Crippen LogP contribution in [-0.4, -0.2) is 15.8 Å². The molecule has 1 aromatic carbocycles. The molecule has 1 heterocycles. The lowest BCUT2D eigenvalue weighted by Gasteiger charge is -2.05. The van der Waals surface area contributed by atoms with Crippen LogP contribution < -0.4 is 0 Å². The molecule has 3 heteroatoms. The van der Waals surface area contributed by atoms with E-state index >= 15 is 0 Å². The third-order valence-electron chi connectivity index (χ3n) is 2.53. The molecule has 0 saturated carbocycles. The van der Waals surface area contributed by atoms with Gasteiger partial charge in [0, 0.05) is 12.6 Å². The van der Waals surface area contributed by atoms with Crippen molar-refractivity contribution in [1.29, 1.82) is 0 Å². The first kappa shape index (κ1) is 9.65. The second-order valence-corrected chi connectivity index (χ2v) is 3.50. The molecule has 0 radical (unpaired) electrons. The molecule has 0 spiro atoms. The average Bonchev–Trinajstić information content (AvgIpc) is 2.60. The molecular weight excluding hydrogens is 188 g/mol. The number of hydrogen-bond acceptors (Lipinski definition) is 2. The van der Waals surface area contributed by atoms with Crippen molar-refractivity contribution in [2.24, 2.45) is 7.05 Å². The maximum absolute atomic E-state index is 10.7. The van der Waals surface area contributed by atoms with Gasteiger partial charge in [-0.2, -0.15) is 0 Å². The summed E-state index contributed by atoms with van der Waals surface area (Å²) in [6, 6.07) is 8.00. The normalized spacial score (nSPS) is 10.3. The summed E-state index contributed by atoms with van der Waals surface area (Å²) in [7, 11) is 1.85. The monoisotopic (exact) mass is 200 g/mol. The fraction of sp³-hybridized carbons (Fsp3) is 0.167. The number of carbonyl (C=O) groups is 1. The maximum atomic E-state index is 10.7. The lowest BCUT2D eigenvalue weighted by atomic mass is 10.1. The molecule has 0 aliphatic heterocycles. The number of hydrogen-bond donors (Lipinski definition) is 0. The van der Waals surface area contributed by atoms with E-state index in [4.69, 9.17) is 0 Å². The van der Waals surface area contributed by atoms with Crippen LogP contribution in [0.5, 0.6) is 0 Å². The Morgan fingerprint density at radius 3 is 2.67 bits per heavy atom. The van der Waals surface area contributed by atoms with Crippen molar-refractivity contribution < 1.29 is 4.79 Å². The van der Waals surface area contributed by atoms with Crippen LogP contribution in [0.3, 0.4) is 0 Å². The van der Waals surface area contributed by atoms with Crippen molar-refractivity contribution in [3.63, 3.8) is 0 Å². The molecule has 1 aromatic heterocycles. The van der Waals surface area contributed by atoms with Crippen molar-refractivity contribution in [3.05, 3.63) is 41.7 Å². The summed E-state index contributed by atoms with van der Waals surface area (Å²) in [5, 5.41) is 0. The number of carbonyl (C=O) groups excluding carboxylic acids is 1. The third-order valence-corrected chi connectivity index (χ3v) is 2.53. The zero-order valence-corrected chi connectivity index (χ0v) is 8.77. The van der Waals surface area contributed by atoms with Gasteiger partial charge >= 0.3 is 0 Å². The molecule has 0 unspecified atom stereocenters. The quantitative estimate of drug-likeness (QED) is 0.696. The van der Waals surface area contributed by atoms with Gasteiger partial charge in [-0.1, -0.05) is 24.3 Å². The fourth-order valence-corrected chi connectivity index (χ4v) is 1.61. The van der Waals surface area contributed by atoms with E-state index in [-0.39, 0.29) is 0 Å². The Labute approximate surface area is 88.4 Å². The molecular formula is C12H12N2O. The Morgan fingerprint density at radius 1 is 1.33 bits per heavy atom. The van der Waals surface area contributed by atoms with Crippen LogP contribution >= 0.6 is 0 Å². The fourth-order valence-electron chi connectivity index (χ4n) is 1.61. The molecule has 0 atom stereocenters. The van der Waals surface area contributed by atoms with Crippen molar-refractivity contribution in [3.8, 4) is 11.4 Å². The van der Waals surface area contributed by atoms with E-state index in [2.05, 4.69) is 4.98 Å². The average molecular weight is 200 g/mol. The number of aldehydes is 1. The predicted octanol–water partition coefficient (Wildman–Crippen LogP) is 2.21. The summed E-state index contributed by atoms with van der Waals surface area (Å²) in [4.78, 5) is 14.9. The van der Waals surface area contributed by atoms with Gasteiger partial charge in [-0.3, -0.25) is 4.79 Å². The minimum atomic E-state index is 0.591. The summed E-state index contributed by atoms with van der Waals surface area (Å²) in [5.41, 5.74) is 2.81. The van der Waals surface area contributed by atoms with Gasteiger partial charge in [0.2, 0.25) is 0 Å². The van der Waals surface area contributed by atoms with Crippen LogP contribution in [0.1, 0.15) is 16.1 Å². The molecule has 76 valence electrons. The van der Waals surface area contributed by atoms with Crippen molar-refractivity contribution in [2.45, 2.75) is 6.92 Å². The molecule has 0 aliphatic carbocycles. The van der Waals surface area contributed by atoms with Crippen molar-refractivity contribution in [2.75, 3.05) is 0 Å². The summed E-state index contributed by atoms with van der Waals surface area (Å²) in [5.74, 6) is 0.829. The maximum Gasteiger partial charge on any atom is 0.168 e. The molecule has 2 rings (SSSR count). The summed E-state index contributed by atoms with van der Waals surface area (Å²) < 4.78 is 1.80. The van der Waals surface area contributed by atoms with Gasteiger partial charge in [0.05, 0.1) is 6.20 Å². The van der Waals surface area contributed by atoms with Gasteiger partial charge in [-0.05, 0) is 12.5 Å². The standard InChI is InChI=1S/C12H12N2O/c1-9-5-3-4-6-11(9)12-13-7-10(8-15)14(12)2/h3-8H,1-2H3. The van der Waals surface area contributed by atoms with Gasteiger partial charge in [0.1, 0.15) is 11.5 Å². The molecule has 0 bridgehead atoms. The molecule has 0 N–H and O–H groups in total. The SMILES string of the molecule is Cc1ccccc1-c1ncc(C=O)n1C. The van der Waals surface area contributed by atoms with Gasteiger partial charge in [0.15, 0.2) is 6.29 Å². The largest absolute Gasteiger partial charge is 0.325 e. The van der Waals surface area contributed by atoms with Crippen LogP contribution in [0.15, 0.2) is 30.5 Å². The van der Waals surface area contributed by atoms with Crippen LogP contribution in [0.25, 0.3) is 11.4 Å². The number of aromatic nitrogens is 2. The minimum Gasteiger partial charge on any atom is -0.325 e. The van der Waals surface area contributed by atoms with Gasteiger partial charge < -0.3 is 4.57 Å². The highest BCUT2D eigenvalue weighted by Gasteiger charge is 2.09. The second-order valence-electron chi connectivity index (χ2n) is 3.50. The first-order chi connectivity index (χ1) is 7.24. The smallest absolute Gasteiger partial charge is 0.168 e. The molecule has 2 aromatic rings. The number of rotatable bonds is 2. The highest BCUT2D eigenvalue weighted by Crippen LogP contribution is 2.21. The topological polar surface area (TPSA) is 34.9 Å². The Balaban J connectivity index is 2.59. The van der Waals surface area contributed by atoms with Crippen molar-refractivity contribution in [1.82, 2.24) is 9.55 Å². The molecule has 0 aliphatic rings. The van der Waals surface area contributed by atoms with Gasteiger partial charge in [-0.25, -0.2) is 4.98 Å². The molecule has 0 saturated heterocycles. The van der Waals surface area contributed by atoms with E-state index in [1.807, 2.05) is 38.2 Å². The number of benzene rings is 1. The Morgan fingerprint density at radius 2 is 2.07 bits per heavy atom.